The van der Waals surface area contributed by atoms with Gasteiger partial charge in [-0.3, -0.25) is 0 Å². The van der Waals surface area contributed by atoms with E-state index in [1.165, 1.54) is 0 Å². The number of anilines is 1. The molecule has 5 heteroatoms. The highest BCUT2D eigenvalue weighted by atomic mass is 79.9. The van der Waals surface area contributed by atoms with Crippen molar-refractivity contribution < 1.29 is 9.53 Å². The number of ether oxygens (including phenoxy) is 1. The molecule has 0 fully saturated rings. The van der Waals surface area contributed by atoms with E-state index in [0.717, 1.165) is 10.2 Å². The van der Waals surface area contributed by atoms with Gasteiger partial charge in [0.1, 0.15) is 0 Å². The largest absolute Gasteiger partial charge is 0.383 e. The van der Waals surface area contributed by atoms with Crippen LogP contribution >= 0.6 is 15.9 Å². The Morgan fingerprint density at radius 1 is 1.44 bits per heavy atom. The quantitative estimate of drug-likeness (QED) is 0.894. The fourth-order valence-electron chi connectivity index (χ4n) is 1.22. The van der Waals surface area contributed by atoms with Gasteiger partial charge in [-0.15, -0.1) is 0 Å². The van der Waals surface area contributed by atoms with Crippen LogP contribution in [0.1, 0.15) is 6.92 Å². The lowest BCUT2D eigenvalue weighted by atomic mass is 10.3. The summed E-state index contributed by atoms with van der Waals surface area (Å²) in [6.45, 7) is 2.37. The molecule has 0 aliphatic carbocycles. The molecule has 0 saturated carbocycles. The molecular weight excluding hydrogens is 272 g/mol. The van der Waals surface area contributed by atoms with Gasteiger partial charge in [-0.05, 0) is 31.2 Å². The van der Waals surface area contributed by atoms with E-state index < -0.39 is 0 Å². The molecule has 1 rings (SSSR count). The number of nitrogens with one attached hydrogen (secondary N) is 2. The highest BCUT2D eigenvalue weighted by Gasteiger charge is 2.06. The van der Waals surface area contributed by atoms with Gasteiger partial charge >= 0.3 is 6.03 Å². The smallest absolute Gasteiger partial charge is 0.319 e. The Labute approximate surface area is 103 Å². The summed E-state index contributed by atoms with van der Waals surface area (Å²) in [6, 6.07) is 7.14. The van der Waals surface area contributed by atoms with Crippen molar-refractivity contribution in [1.82, 2.24) is 5.32 Å². The molecule has 1 aromatic carbocycles. The fourth-order valence-corrected chi connectivity index (χ4v) is 1.48. The number of halogens is 1. The number of urea groups is 1. The Kier molecular flexibility index (Phi) is 5.28. The molecule has 0 heterocycles. The summed E-state index contributed by atoms with van der Waals surface area (Å²) >= 11 is 3.33. The summed E-state index contributed by atoms with van der Waals surface area (Å²) < 4.78 is 5.90. The van der Waals surface area contributed by atoms with Gasteiger partial charge in [-0.2, -0.15) is 0 Å². The molecule has 1 atom stereocenters. The summed E-state index contributed by atoms with van der Waals surface area (Å²) in [5, 5.41) is 5.49. The van der Waals surface area contributed by atoms with Gasteiger partial charge in [0.05, 0.1) is 12.6 Å². The first kappa shape index (κ1) is 13.0. The van der Waals surface area contributed by atoms with Gasteiger partial charge in [0.25, 0.3) is 0 Å². The normalized spacial score (nSPS) is 11.9. The van der Waals surface area contributed by atoms with Crippen LogP contribution in [0.5, 0.6) is 0 Å². The van der Waals surface area contributed by atoms with Crippen LogP contribution in [0.2, 0.25) is 0 Å². The van der Waals surface area contributed by atoms with Crippen molar-refractivity contribution in [3.05, 3.63) is 28.7 Å². The van der Waals surface area contributed by atoms with E-state index in [4.69, 9.17) is 4.74 Å². The Bertz CT molecular complexity index is 340. The van der Waals surface area contributed by atoms with E-state index in [2.05, 4.69) is 26.6 Å². The first-order valence-corrected chi connectivity index (χ1v) is 5.73. The molecule has 2 N–H and O–H groups in total. The third-order valence-electron chi connectivity index (χ3n) is 1.90. The predicted molar refractivity (Wildman–Crippen MR) is 67.6 cm³/mol. The number of carbonyl (C=O) groups excluding carboxylic acids is 1. The van der Waals surface area contributed by atoms with Crippen LogP contribution in [0, 0.1) is 0 Å². The Morgan fingerprint density at radius 2 is 2.06 bits per heavy atom. The maximum absolute atomic E-state index is 11.5. The van der Waals surface area contributed by atoms with E-state index in [0.29, 0.717) is 6.61 Å². The number of amides is 2. The molecule has 0 aromatic heterocycles. The second-order valence-electron chi connectivity index (χ2n) is 3.46. The summed E-state index contributed by atoms with van der Waals surface area (Å²) in [7, 11) is 1.60. The molecular formula is C11H15BrN2O2. The van der Waals surface area contributed by atoms with Crippen LogP contribution < -0.4 is 10.6 Å². The Hall–Kier alpha value is -1.07. The average Bonchev–Trinajstić information content (AvgIpc) is 2.21. The van der Waals surface area contributed by atoms with Gasteiger partial charge in [-0.25, -0.2) is 4.79 Å². The first-order chi connectivity index (χ1) is 7.61. The minimum atomic E-state index is -0.230. The third-order valence-corrected chi connectivity index (χ3v) is 2.42. The van der Waals surface area contributed by atoms with Crippen molar-refractivity contribution in [3.8, 4) is 0 Å². The molecule has 0 bridgehead atoms. The zero-order chi connectivity index (χ0) is 12.0. The van der Waals surface area contributed by atoms with Crippen molar-refractivity contribution in [2.75, 3.05) is 19.0 Å². The second kappa shape index (κ2) is 6.50. The molecule has 0 spiro atoms. The van der Waals surface area contributed by atoms with Gasteiger partial charge in [0.15, 0.2) is 0 Å². The van der Waals surface area contributed by atoms with Crippen molar-refractivity contribution in [1.29, 1.82) is 0 Å². The summed E-state index contributed by atoms with van der Waals surface area (Å²) in [6.07, 6.45) is 0. The topological polar surface area (TPSA) is 50.4 Å². The highest BCUT2D eigenvalue weighted by molar-refractivity contribution is 9.10. The van der Waals surface area contributed by atoms with Crippen LogP contribution in [0.25, 0.3) is 0 Å². The lowest BCUT2D eigenvalue weighted by Gasteiger charge is -2.13. The van der Waals surface area contributed by atoms with E-state index in [1.54, 1.807) is 7.11 Å². The molecule has 0 aliphatic rings. The number of benzene rings is 1. The molecule has 0 unspecified atom stereocenters. The van der Waals surface area contributed by atoms with Gasteiger partial charge in [0, 0.05) is 17.3 Å². The maximum Gasteiger partial charge on any atom is 0.319 e. The summed E-state index contributed by atoms with van der Waals surface area (Å²) in [4.78, 5) is 11.5. The number of hydrogen-bond donors (Lipinski definition) is 2. The SMILES string of the molecule is COC[C@@H](C)NC(=O)Nc1ccc(Br)cc1. The van der Waals surface area contributed by atoms with Crippen molar-refractivity contribution in [3.63, 3.8) is 0 Å². The third kappa shape index (κ3) is 4.63. The summed E-state index contributed by atoms with van der Waals surface area (Å²) in [5.74, 6) is 0. The average molecular weight is 287 g/mol. The molecule has 0 radical (unpaired) electrons. The number of carbonyl (C=O) groups is 1. The van der Waals surface area contributed by atoms with Crippen LogP contribution in [0.3, 0.4) is 0 Å². The second-order valence-corrected chi connectivity index (χ2v) is 4.38. The van der Waals surface area contributed by atoms with Gasteiger partial charge in [-0.1, -0.05) is 15.9 Å². The zero-order valence-electron chi connectivity index (χ0n) is 9.29. The standard InChI is InChI=1S/C11H15BrN2O2/c1-8(7-16-2)13-11(15)14-10-5-3-9(12)4-6-10/h3-6,8H,7H2,1-2H3,(H2,13,14,15)/t8-/m1/s1. The van der Waals surface area contributed by atoms with E-state index in [-0.39, 0.29) is 12.1 Å². The van der Waals surface area contributed by atoms with Crippen LogP contribution in [0.4, 0.5) is 10.5 Å². The molecule has 16 heavy (non-hydrogen) atoms. The van der Waals surface area contributed by atoms with Crippen molar-refractivity contribution in [2.45, 2.75) is 13.0 Å². The predicted octanol–water partition coefficient (Wildman–Crippen LogP) is 2.61. The van der Waals surface area contributed by atoms with Crippen molar-refractivity contribution >= 4 is 27.6 Å². The lowest BCUT2D eigenvalue weighted by molar-refractivity contribution is 0.173. The minimum absolute atomic E-state index is 0.0135. The molecule has 1 aromatic rings. The van der Waals surface area contributed by atoms with E-state index in [1.807, 2.05) is 31.2 Å². The fraction of sp³-hybridized carbons (Fsp3) is 0.364. The monoisotopic (exact) mass is 286 g/mol. The molecule has 88 valence electrons. The maximum atomic E-state index is 11.5. The van der Waals surface area contributed by atoms with Crippen LogP contribution in [-0.4, -0.2) is 25.8 Å². The first-order valence-electron chi connectivity index (χ1n) is 4.94. The van der Waals surface area contributed by atoms with Gasteiger partial charge in [0.2, 0.25) is 0 Å². The van der Waals surface area contributed by atoms with Crippen LogP contribution in [0.15, 0.2) is 28.7 Å². The molecule has 4 nitrogen and oxygen atoms in total. The molecule has 0 saturated heterocycles. The minimum Gasteiger partial charge on any atom is -0.383 e. The number of methoxy groups -OCH3 is 1. The number of rotatable bonds is 4. The lowest BCUT2D eigenvalue weighted by Crippen LogP contribution is -2.38. The van der Waals surface area contributed by atoms with Crippen molar-refractivity contribution in [2.24, 2.45) is 0 Å². The van der Waals surface area contributed by atoms with E-state index in [9.17, 15) is 4.79 Å². The Morgan fingerprint density at radius 3 is 2.62 bits per heavy atom. The Balaban J connectivity index is 2.42. The number of hydrogen-bond acceptors (Lipinski definition) is 2. The highest BCUT2D eigenvalue weighted by Crippen LogP contribution is 2.13. The molecule has 2 amide bonds. The van der Waals surface area contributed by atoms with Crippen LogP contribution in [-0.2, 0) is 4.74 Å². The van der Waals surface area contributed by atoms with E-state index >= 15 is 0 Å². The summed E-state index contributed by atoms with van der Waals surface area (Å²) in [5.41, 5.74) is 0.755. The molecule has 0 aliphatic heterocycles. The van der Waals surface area contributed by atoms with Gasteiger partial charge < -0.3 is 15.4 Å². The zero-order valence-corrected chi connectivity index (χ0v) is 10.9.